The number of benzene rings is 1. The molecule has 0 aromatic heterocycles. The van der Waals surface area contributed by atoms with Crippen molar-refractivity contribution in [2.75, 3.05) is 5.43 Å². The van der Waals surface area contributed by atoms with Crippen molar-refractivity contribution < 1.29 is 40.8 Å². The molecule has 0 amide bonds. The van der Waals surface area contributed by atoms with Gasteiger partial charge >= 0.3 is 43.9 Å². The van der Waals surface area contributed by atoms with E-state index >= 15 is 0 Å². The molecule has 0 bridgehead atoms. The number of ketones is 1. The van der Waals surface area contributed by atoms with E-state index in [4.69, 9.17) is 0 Å². The molecule has 0 saturated heterocycles. The van der Waals surface area contributed by atoms with Gasteiger partial charge in [-0.2, -0.15) is 18.3 Å². The number of nitrogens with one attached hydrogen (secondary N) is 1. The largest absolute Gasteiger partial charge is 2.00 e. The van der Waals surface area contributed by atoms with Crippen molar-refractivity contribution in [1.82, 2.24) is 0 Å². The van der Waals surface area contributed by atoms with Gasteiger partial charge in [-0.15, -0.1) is 0 Å². The summed E-state index contributed by atoms with van der Waals surface area (Å²) >= 11 is 0. The number of aliphatic carboxylic acids is 1. The van der Waals surface area contributed by atoms with E-state index in [1.807, 2.05) is 5.43 Å². The minimum atomic E-state index is -5.18. The standard InChI is InChI=1S/C18H13F3N2O6S.Ca/c19-18(20,21)10-5-6-14(30(27,28)29)13(8-10)22-23-15-11-4-2-1-3-9(11)7-12(16(15)24)17(25)26;/h1-9,11,22H,(H,25,26)(H,27,28,29);/q;+2/p-2/b23-15-;. The first-order valence-electron chi connectivity index (χ1n) is 8.23. The van der Waals surface area contributed by atoms with Crippen LogP contribution in [0.1, 0.15) is 5.56 Å². The second-order valence-electron chi connectivity index (χ2n) is 6.34. The number of fused-ring (bicyclic) bond motifs is 1. The number of alkyl halides is 3. The van der Waals surface area contributed by atoms with Crippen molar-refractivity contribution in [3.8, 4) is 0 Å². The van der Waals surface area contributed by atoms with Gasteiger partial charge in [0.1, 0.15) is 15.8 Å². The Kier molecular flexibility index (Phi) is 7.54. The fraction of sp³-hybridized carbons (Fsp3) is 0.167. The number of carboxylic acid groups (broad SMARTS) is 1. The van der Waals surface area contributed by atoms with Crippen LogP contribution in [-0.4, -0.2) is 68.2 Å². The van der Waals surface area contributed by atoms with Gasteiger partial charge < -0.3 is 14.5 Å². The van der Waals surface area contributed by atoms with Gasteiger partial charge in [-0.05, 0) is 18.2 Å². The quantitative estimate of drug-likeness (QED) is 0.288. The summed E-state index contributed by atoms with van der Waals surface area (Å²) in [6, 6.07) is 1.23. The Balaban J connectivity index is 0.00000341. The number of Topliss-reactive ketones (excluding diaryl/α,β-unsaturated/α-hetero) is 1. The van der Waals surface area contributed by atoms with Crippen LogP contribution in [-0.2, 0) is 25.9 Å². The molecule has 1 N–H and O–H groups in total. The fourth-order valence-electron chi connectivity index (χ4n) is 3.03. The topological polar surface area (TPSA) is 139 Å². The van der Waals surface area contributed by atoms with Crippen LogP contribution in [0.3, 0.4) is 0 Å². The Hall–Kier alpha value is -1.99. The van der Waals surface area contributed by atoms with Crippen LogP contribution in [0.2, 0.25) is 0 Å². The molecule has 2 aliphatic rings. The molecule has 31 heavy (non-hydrogen) atoms. The van der Waals surface area contributed by atoms with E-state index in [1.54, 1.807) is 18.2 Å². The predicted molar refractivity (Wildman–Crippen MR) is 99.6 cm³/mol. The first kappa shape index (κ1) is 25.3. The third kappa shape index (κ3) is 5.44. The molecule has 13 heteroatoms. The van der Waals surface area contributed by atoms with Gasteiger partial charge in [-0.25, -0.2) is 8.42 Å². The number of halogens is 3. The van der Waals surface area contributed by atoms with Crippen molar-refractivity contribution in [1.29, 1.82) is 0 Å². The molecule has 1 aromatic rings. The van der Waals surface area contributed by atoms with Crippen molar-refractivity contribution in [3.05, 3.63) is 59.7 Å². The smallest absolute Gasteiger partial charge is 0.744 e. The molecule has 158 valence electrons. The van der Waals surface area contributed by atoms with E-state index in [9.17, 15) is 40.8 Å². The molecule has 8 nitrogen and oxygen atoms in total. The number of nitrogens with zero attached hydrogens (tertiary/aromatic N) is 1. The predicted octanol–water partition coefficient (Wildman–Crippen LogP) is 0.614. The zero-order valence-corrected chi connectivity index (χ0v) is 18.4. The van der Waals surface area contributed by atoms with Gasteiger partial charge in [-0.3, -0.25) is 10.2 Å². The van der Waals surface area contributed by atoms with Crippen LogP contribution in [0.5, 0.6) is 0 Å². The Morgan fingerprint density at radius 3 is 2.39 bits per heavy atom. The summed E-state index contributed by atoms with van der Waals surface area (Å²) in [7, 11) is -5.18. The summed E-state index contributed by atoms with van der Waals surface area (Å²) in [5.41, 5.74) is -1.15. The SMILES string of the molecule is O=C([O-])C1=CC2C=CC=CC2/C(=N/Nc2cc(C(F)(F)F)ccc2S(=O)(=O)[O-])C1=O.[Ca+2]. The van der Waals surface area contributed by atoms with Gasteiger partial charge in [0.05, 0.1) is 22.1 Å². The normalized spacial score (nSPS) is 21.9. The maximum Gasteiger partial charge on any atom is 2.00 e. The summed E-state index contributed by atoms with van der Waals surface area (Å²) in [5.74, 6) is -4.17. The molecule has 0 fully saturated rings. The molecule has 0 spiro atoms. The molecule has 2 aliphatic carbocycles. The molecular weight excluding hydrogens is 469 g/mol. The minimum absolute atomic E-state index is 0. The molecule has 0 aliphatic heterocycles. The number of carbonyl (C=O) groups is 2. The second-order valence-corrected chi connectivity index (χ2v) is 7.69. The van der Waals surface area contributed by atoms with Crippen LogP contribution in [0, 0.1) is 11.8 Å². The van der Waals surface area contributed by atoms with Crippen LogP contribution >= 0.6 is 0 Å². The zero-order chi connectivity index (χ0) is 22.3. The number of hydrazone groups is 1. The monoisotopic (exact) mass is 480 g/mol. The van der Waals surface area contributed by atoms with Gasteiger partial charge in [0, 0.05) is 17.4 Å². The maximum absolute atomic E-state index is 13.0. The van der Waals surface area contributed by atoms with Gasteiger partial charge in [0.25, 0.3) is 0 Å². The number of rotatable bonds is 4. The average molecular weight is 480 g/mol. The molecule has 0 saturated carbocycles. The zero-order valence-electron chi connectivity index (χ0n) is 15.4. The van der Waals surface area contributed by atoms with E-state index in [0.717, 1.165) is 0 Å². The third-order valence-electron chi connectivity index (χ3n) is 4.42. The van der Waals surface area contributed by atoms with E-state index < -0.39 is 67.3 Å². The fourth-order valence-corrected chi connectivity index (χ4v) is 3.64. The average Bonchev–Trinajstić information content (AvgIpc) is 2.65. The van der Waals surface area contributed by atoms with Gasteiger partial charge in [-0.1, -0.05) is 30.4 Å². The number of allylic oxidation sites excluding steroid dienone is 5. The summed E-state index contributed by atoms with van der Waals surface area (Å²) in [6.45, 7) is 0. The third-order valence-corrected chi connectivity index (χ3v) is 5.32. The molecule has 2 unspecified atom stereocenters. The summed E-state index contributed by atoms with van der Waals surface area (Å²) in [5, 5.41) is 14.9. The van der Waals surface area contributed by atoms with Crippen molar-refractivity contribution in [2.24, 2.45) is 16.9 Å². The van der Waals surface area contributed by atoms with Crippen LogP contribution in [0.25, 0.3) is 0 Å². The Bertz CT molecular complexity index is 1160. The summed E-state index contributed by atoms with van der Waals surface area (Å²) < 4.78 is 73.1. The van der Waals surface area contributed by atoms with Crippen LogP contribution in [0.15, 0.2) is 64.1 Å². The minimum Gasteiger partial charge on any atom is -0.744 e. The first-order chi connectivity index (χ1) is 13.9. The molecule has 1 aromatic carbocycles. The maximum atomic E-state index is 13.0. The molecule has 2 atom stereocenters. The van der Waals surface area contributed by atoms with E-state index in [1.165, 1.54) is 12.2 Å². The molecule has 0 radical (unpaired) electrons. The van der Waals surface area contributed by atoms with Crippen molar-refractivity contribution in [3.63, 3.8) is 0 Å². The van der Waals surface area contributed by atoms with Crippen LogP contribution in [0.4, 0.5) is 18.9 Å². The second kappa shape index (κ2) is 9.25. The number of hydrogen-bond acceptors (Lipinski definition) is 8. The number of hydrogen-bond donors (Lipinski definition) is 1. The van der Waals surface area contributed by atoms with Gasteiger partial charge in [0.2, 0.25) is 5.78 Å². The van der Waals surface area contributed by atoms with Crippen LogP contribution < -0.4 is 10.5 Å². The summed E-state index contributed by atoms with van der Waals surface area (Å²) in [6.07, 6.45) is 2.57. The Labute approximate surface area is 204 Å². The van der Waals surface area contributed by atoms with Crippen molar-refractivity contribution in [2.45, 2.75) is 11.1 Å². The molecular formula is C18H11CaF3N2O6S. The number of anilines is 1. The first-order valence-corrected chi connectivity index (χ1v) is 9.64. The molecule has 3 rings (SSSR count). The van der Waals surface area contributed by atoms with E-state index in [-0.39, 0.29) is 37.7 Å². The van der Waals surface area contributed by atoms with E-state index in [2.05, 4.69) is 5.10 Å². The van der Waals surface area contributed by atoms with E-state index in [0.29, 0.717) is 18.2 Å². The van der Waals surface area contributed by atoms with Crippen molar-refractivity contribution >= 4 is 71.0 Å². The Morgan fingerprint density at radius 1 is 1.16 bits per heavy atom. The Morgan fingerprint density at radius 2 is 1.81 bits per heavy atom. The number of carbonyl (C=O) groups excluding carboxylic acids is 2. The molecule has 0 heterocycles. The van der Waals surface area contributed by atoms with Gasteiger partial charge in [0.15, 0.2) is 0 Å². The number of carboxylic acids is 1. The summed E-state index contributed by atoms with van der Waals surface area (Å²) in [4.78, 5) is 22.7.